The summed E-state index contributed by atoms with van der Waals surface area (Å²) >= 11 is 2.69. The van der Waals surface area contributed by atoms with Crippen LogP contribution in [0.4, 0.5) is 10.7 Å². The van der Waals surface area contributed by atoms with E-state index in [1.165, 1.54) is 23.3 Å². The van der Waals surface area contributed by atoms with Gasteiger partial charge in [-0.2, -0.15) is 9.64 Å². The van der Waals surface area contributed by atoms with E-state index in [1.807, 2.05) is 12.1 Å². The lowest BCUT2D eigenvalue weighted by molar-refractivity contribution is 0.371. The van der Waals surface area contributed by atoms with E-state index in [9.17, 15) is 5.26 Å². The molecule has 144 valence electrons. The van der Waals surface area contributed by atoms with Crippen molar-refractivity contribution in [3.63, 3.8) is 0 Å². The molecule has 0 unspecified atom stereocenters. The van der Waals surface area contributed by atoms with Gasteiger partial charge in [0.05, 0.1) is 33.2 Å². The Kier molecular flexibility index (Phi) is 6.57. The molecular weight excluding hydrogens is 396 g/mol. The smallest absolute Gasteiger partial charge is 0.133 e. The van der Waals surface area contributed by atoms with Gasteiger partial charge in [-0.05, 0) is 23.7 Å². The van der Waals surface area contributed by atoms with Crippen LogP contribution < -0.4 is 19.5 Å². The Morgan fingerprint density at radius 3 is 2.50 bits per heavy atom. The van der Waals surface area contributed by atoms with Crippen molar-refractivity contribution in [3.05, 3.63) is 47.8 Å². The summed E-state index contributed by atoms with van der Waals surface area (Å²) in [4.78, 5) is 4.07. The topological polar surface area (TPSA) is 89.3 Å². The van der Waals surface area contributed by atoms with Gasteiger partial charge in [-0.25, -0.2) is 0 Å². The lowest BCUT2D eigenvalue weighted by atomic mass is 10.2. The number of ether oxygens (including phenoxy) is 3. The number of hydrogen-bond donors (Lipinski definition) is 1. The van der Waals surface area contributed by atoms with Gasteiger partial charge in [-0.15, -0.1) is 0 Å². The Balaban J connectivity index is 1.83. The second kappa shape index (κ2) is 9.30. The van der Waals surface area contributed by atoms with Crippen molar-refractivity contribution in [1.29, 1.82) is 5.26 Å². The van der Waals surface area contributed by atoms with Crippen LogP contribution in [-0.2, 0) is 5.75 Å². The highest BCUT2D eigenvalue weighted by Crippen LogP contribution is 2.40. The minimum absolute atomic E-state index is 0.505. The first-order valence-electron chi connectivity index (χ1n) is 8.18. The van der Waals surface area contributed by atoms with Gasteiger partial charge >= 0.3 is 0 Å². The van der Waals surface area contributed by atoms with Gasteiger partial charge < -0.3 is 19.5 Å². The van der Waals surface area contributed by atoms with Gasteiger partial charge in [-0.3, -0.25) is 4.98 Å². The number of rotatable bonds is 8. The lowest BCUT2D eigenvalue weighted by Crippen LogP contribution is -1.97. The van der Waals surface area contributed by atoms with Crippen LogP contribution in [0.1, 0.15) is 11.1 Å². The van der Waals surface area contributed by atoms with Gasteiger partial charge in [0.1, 0.15) is 38.9 Å². The van der Waals surface area contributed by atoms with Crippen molar-refractivity contribution in [3.8, 4) is 23.3 Å². The molecule has 9 heteroatoms. The van der Waals surface area contributed by atoms with Crippen molar-refractivity contribution in [2.45, 2.75) is 10.8 Å². The molecule has 0 saturated heterocycles. The van der Waals surface area contributed by atoms with Gasteiger partial charge in [0.25, 0.3) is 0 Å². The molecule has 0 aliphatic rings. The molecule has 3 aromatic rings. The summed E-state index contributed by atoms with van der Waals surface area (Å²) in [5.74, 6) is 2.50. The molecule has 3 rings (SSSR count). The number of benzene rings is 1. The van der Waals surface area contributed by atoms with Crippen molar-refractivity contribution >= 4 is 34.0 Å². The Morgan fingerprint density at radius 2 is 1.93 bits per heavy atom. The van der Waals surface area contributed by atoms with E-state index in [1.54, 1.807) is 45.9 Å². The second-order valence-corrected chi connectivity index (χ2v) is 7.21. The minimum atomic E-state index is 0.505. The average Bonchev–Trinajstić information content (AvgIpc) is 3.13. The van der Waals surface area contributed by atoms with Crippen molar-refractivity contribution in [1.82, 2.24) is 9.36 Å². The molecule has 28 heavy (non-hydrogen) atoms. The maximum atomic E-state index is 9.61. The summed E-state index contributed by atoms with van der Waals surface area (Å²) in [5, 5.41) is 14.1. The maximum Gasteiger partial charge on any atom is 0.133 e. The van der Waals surface area contributed by atoms with Gasteiger partial charge in [0.15, 0.2) is 0 Å². The fourth-order valence-electron chi connectivity index (χ4n) is 2.49. The first-order chi connectivity index (χ1) is 13.7. The van der Waals surface area contributed by atoms with E-state index in [4.69, 9.17) is 14.2 Å². The predicted octanol–water partition coefficient (Wildman–Crippen LogP) is 4.47. The number of methoxy groups -OCH3 is 3. The molecule has 7 nitrogen and oxygen atoms in total. The predicted molar refractivity (Wildman–Crippen MR) is 110 cm³/mol. The molecular formula is C19H18N4O3S2. The summed E-state index contributed by atoms with van der Waals surface area (Å²) in [6.07, 6.45) is 3.39. The molecule has 0 radical (unpaired) electrons. The number of nitriles is 1. The number of hydrogen-bond acceptors (Lipinski definition) is 9. The summed E-state index contributed by atoms with van der Waals surface area (Å²) in [7, 11) is 4.79. The number of thioether (sulfide) groups is 1. The fourth-order valence-corrected chi connectivity index (χ4v) is 4.39. The average molecular weight is 415 g/mol. The summed E-state index contributed by atoms with van der Waals surface area (Å²) in [6, 6.07) is 9.56. The van der Waals surface area contributed by atoms with E-state index >= 15 is 0 Å². The minimum Gasteiger partial charge on any atom is -0.496 e. The van der Waals surface area contributed by atoms with E-state index < -0.39 is 0 Å². The van der Waals surface area contributed by atoms with Crippen molar-refractivity contribution < 1.29 is 14.2 Å². The number of aromatic nitrogens is 2. The zero-order valence-electron chi connectivity index (χ0n) is 15.6. The van der Waals surface area contributed by atoms with E-state index in [-0.39, 0.29) is 0 Å². The van der Waals surface area contributed by atoms with Crippen LogP contribution in [0.3, 0.4) is 0 Å². The summed E-state index contributed by atoms with van der Waals surface area (Å²) in [6.45, 7) is 0. The first kappa shape index (κ1) is 19.8. The molecule has 0 bridgehead atoms. The van der Waals surface area contributed by atoms with E-state index in [0.29, 0.717) is 38.6 Å². The van der Waals surface area contributed by atoms with Gasteiger partial charge in [-0.1, -0.05) is 11.8 Å². The zero-order chi connectivity index (χ0) is 19.9. The quantitative estimate of drug-likeness (QED) is 0.540. The normalized spacial score (nSPS) is 10.2. The summed E-state index contributed by atoms with van der Waals surface area (Å²) in [5.41, 5.74) is 2.18. The standard InChI is InChI=1S/C19H18N4O3S2/c1-24-13-7-16(25-2)15(17(8-13)26-3)11-27-19-14(9-20)18(28-23-19)22-12-5-4-6-21-10-12/h4-8,10,22H,11H2,1-3H3. The monoisotopic (exact) mass is 414 g/mol. The van der Waals surface area contributed by atoms with Crippen LogP contribution in [-0.4, -0.2) is 30.7 Å². The molecule has 2 heterocycles. The van der Waals surface area contributed by atoms with Crippen LogP contribution in [0, 0.1) is 11.3 Å². The zero-order valence-corrected chi connectivity index (χ0v) is 17.2. The molecule has 2 aromatic heterocycles. The second-order valence-electron chi connectivity index (χ2n) is 5.47. The number of nitrogens with one attached hydrogen (secondary N) is 1. The first-order valence-corrected chi connectivity index (χ1v) is 9.94. The molecule has 0 aliphatic heterocycles. The SMILES string of the molecule is COc1cc(OC)c(CSc2nsc(Nc3cccnc3)c2C#N)c(OC)c1. The lowest BCUT2D eigenvalue weighted by Gasteiger charge is -2.14. The highest BCUT2D eigenvalue weighted by Gasteiger charge is 2.18. The Morgan fingerprint density at radius 1 is 1.18 bits per heavy atom. The number of nitrogens with zero attached hydrogens (tertiary/aromatic N) is 3. The highest BCUT2D eigenvalue weighted by molar-refractivity contribution is 7.98. The largest absolute Gasteiger partial charge is 0.496 e. The molecule has 0 amide bonds. The molecule has 0 atom stereocenters. The van der Waals surface area contributed by atoms with Crippen LogP contribution in [0.5, 0.6) is 17.2 Å². The Hall–Kier alpha value is -2.96. The van der Waals surface area contributed by atoms with Crippen LogP contribution >= 0.6 is 23.3 Å². The molecule has 1 N–H and O–H groups in total. The molecule has 0 aliphatic carbocycles. The van der Waals surface area contributed by atoms with Crippen molar-refractivity contribution in [2.24, 2.45) is 0 Å². The highest BCUT2D eigenvalue weighted by atomic mass is 32.2. The summed E-state index contributed by atoms with van der Waals surface area (Å²) < 4.78 is 20.7. The van der Waals surface area contributed by atoms with E-state index in [0.717, 1.165) is 11.3 Å². The maximum absolute atomic E-state index is 9.61. The van der Waals surface area contributed by atoms with E-state index in [2.05, 4.69) is 20.7 Å². The van der Waals surface area contributed by atoms with Gasteiger partial charge in [0, 0.05) is 29.6 Å². The Bertz CT molecular complexity index is 962. The van der Waals surface area contributed by atoms with Gasteiger partial charge in [0.2, 0.25) is 0 Å². The van der Waals surface area contributed by atoms with Crippen molar-refractivity contribution in [2.75, 3.05) is 26.6 Å². The van der Waals surface area contributed by atoms with Crippen LogP contribution in [0.25, 0.3) is 0 Å². The van der Waals surface area contributed by atoms with Crippen LogP contribution in [0.2, 0.25) is 0 Å². The molecule has 1 aromatic carbocycles. The molecule has 0 fully saturated rings. The third-order valence-electron chi connectivity index (χ3n) is 3.86. The number of pyridine rings is 1. The van der Waals surface area contributed by atoms with Crippen LogP contribution in [0.15, 0.2) is 41.7 Å². The fraction of sp³-hybridized carbons (Fsp3) is 0.211. The third-order valence-corrected chi connectivity index (χ3v) is 5.74. The molecule has 0 saturated carbocycles. The third kappa shape index (κ3) is 4.30. The molecule has 0 spiro atoms. The number of anilines is 2. The Labute approximate surface area is 171 Å².